The summed E-state index contributed by atoms with van der Waals surface area (Å²) in [5, 5.41) is 5.91. The van der Waals surface area contributed by atoms with Crippen molar-refractivity contribution >= 4 is 5.91 Å². The minimum atomic E-state index is -0.0818. The number of methoxy groups -OCH3 is 1. The minimum Gasteiger partial charge on any atom is -0.496 e. The highest BCUT2D eigenvalue weighted by Crippen LogP contribution is 2.19. The van der Waals surface area contributed by atoms with Gasteiger partial charge in [0.05, 0.1) is 12.7 Å². The lowest BCUT2D eigenvalue weighted by molar-refractivity contribution is 0.0950. The average Bonchev–Trinajstić information content (AvgIpc) is 2.34. The molecule has 0 unspecified atom stereocenters. The summed E-state index contributed by atoms with van der Waals surface area (Å²) in [6.07, 6.45) is 0.913. The van der Waals surface area contributed by atoms with Crippen LogP contribution in [0, 0.1) is 6.92 Å². The van der Waals surface area contributed by atoms with Crippen LogP contribution in [0.4, 0.5) is 0 Å². The van der Waals surface area contributed by atoms with Crippen molar-refractivity contribution in [2.45, 2.75) is 13.3 Å². The molecule has 0 saturated carbocycles. The monoisotopic (exact) mass is 236 g/mol. The van der Waals surface area contributed by atoms with E-state index in [-0.39, 0.29) is 5.91 Å². The van der Waals surface area contributed by atoms with E-state index in [0.29, 0.717) is 17.9 Å². The largest absolute Gasteiger partial charge is 0.496 e. The molecule has 0 heterocycles. The Bertz CT molecular complexity index is 378. The highest BCUT2D eigenvalue weighted by molar-refractivity contribution is 5.97. The quantitative estimate of drug-likeness (QED) is 0.733. The fourth-order valence-electron chi connectivity index (χ4n) is 1.56. The number of nitrogens with one attached hydrogen (secondary N) is 2. The zero-order valence-corrected chi connectivity index (χ0v) is 10.7. The highest BCUT2D eigenvalue weighted by Gasteiger charge is 2.11. The van der Waals surface area contributed by atoms with Crippen molar-refractivity contribution in [3.8, 4) is 5.75 Å². The Kier molecular flexibility index (Phi) is 5.49. The Morgan fingerprint density at radius 3 is 2.76 bits per heavy atom. The first-order valence-electron chi connectivity index (χ1n) is 5.76. The summed E-state index contributed by atoms with van der Waals surface area (Å²) < 4.78 is 5.18. The lowest BCUT2D eigenvalue weighted by atomic mass is 10.1. The van der Waals surface area contributed by atoms with E-state index >= 15 is 0 Å². The van der Waals surface area contributed by atoms with Gasteiger partial charge < -0.3 is 15.4 Å². The summed E-state index contributed by atoms with van der Waals surface area (Å²) >= 11 is 0. The van der Waals surface area contributed by atoms with Gasteiger partial charge in [0, 0.05) is 6.54 Å². The Labute approximate surface area is 102 Å². The van der Waals surface area contributed by atoms with Crippen LogP contribution >= 0.6 is 0 Å². The number of hydrogen-bond acceptors (Lipinski definition) is 3. The molecule has 0 atom stereocenters. The normalized spacial score (nSPS) is 10.1. The van der Waals surface area contributed by atoms with Gasteiger partial charge in [-0.05, 0) is 39.1 Å². The molecule has 0 aliphatic heterocycles. The molecule has 4 heteroatoms. The van der Waals surface area contributed by atoms with Gasteiger partial charge in [-0.15, -0.1) is 0 Å². The maximum Gasteiger partial charge on any atom is 0.255 e. The molecule has 1 amide bonds. The van der Waals surface area contributed by atoms with Crippen molar-refractivity contribution in [3.05, 3.63) is 29.3 Å². The number of carbonyl (C=O) groups excluding carboxylic acids is 1. The maximum absolute atomic E-state index is 11.9. The van der Waals surface area contributed by atoms with E-state index < -0.39 is 0 Å². The number of carbonyl (C=O) groups is 1. The molecule has 0 spiro atoms. The van der Waals surface area contributed by atoms with Gasteiger partial charge in [-0.1, -0.05) is 11.6 Å². The van der Waals surface area contributed by atoms with Crippen molar-refractivity contribution < 1.29 is 9.53 Å². The van der Waals surface area contributed by atoms with Gasteiger partial charge in [-0.3, -0.25) is 4.79 Å². The van der Waals surface area contributed by atoms with Crippen LogP contribution in [0.1, 0.15) is 22.3 Å². The highest BCUT2D eigenvalue weighted by atomic mass is 16.5. The third kappa shape index (κ3) is 4.07. The van der Waals surface area contributed by atoms with E-state index in [1.807, 2.05) is 32.2 Å². The van der Waals surface area contributed by atoms with Crippen molar-refractivity contribution in [3.63, 3.8) is 0 Å². The number of aryl methyl sites for hydroxylation is 1. The van der Waals surface area contributed by atoms with Gasteiger partial charge in [0.2, 0.25) is 0 Å². The topological polar surface area (TPSA) is 50.4 Å². The lowest BCUT2D eigenvalue weighted by Gasteiger charge is -2.10. The first kappa shape index (κ1) is 13.5. The van der Waals surface area contributed by atoms with Gasteiger partial charge in [-0.2, -0.15) is 0 Å². The second-order valence-electron chi connectivity index (χ2n) is 3.92. The molecule has 0 aromatic heterocycles. The standard InChI is InChI=1S/C13H20N2O2/c1-10-5-6-12(17-3)11(9-10)13(16)15-8-4-7-14-2/h5-6,9,14H,4,7-8H2,1-3H3,(H,15,16). The molecule has 94 valence electrons. The Morgan fingerprint density at radius 1 is 1.35 bits per heavy atom. The van der Waals surface area contributed by atoms with Gasteiger partial charge in [-0.25, -0.2) is 0 Å². The summed E-state index contributed by atoms with van der Waals surface area (Å²) in [5.41, 5.74) is 1.64. The van der Waals surface area contributed by atoms with Crippen LogP contribution in [-0.4, -0.2) is 33.2 Å². The molecule has 0 aliphatic carbocycles. The van der Waals surface area contributed by atoms with Crippen LogP contribution in [-0.2, 0) is 0 Å². The average molecular weight is 236 g/mol. The van der Waals surface area contributed by atoms with Crippen LogP contribution in [0.25, 0.3) is 0 Å². The SMILES string of the molecule is CNCCCNC(=O)c1cc(C)ccc1OC. The van der Waals surface area contributed by atoms with Gasteiger partial charge in [0.15, 0.2) is 0 Å². The fraction of sp³-hybridized carbons (Fsp3) is 0.462. The molecule has 0 bridgehead atoms. The third-order valence-electron chi connectivity index (χ3n) is 2.49. The smallest absolute Gasteiger partial charge is 0.255 e. The molecular weight excluding hydrogens is 216 g/mol. The Balaban J connectivity index is 2.64. The molecule has 0 fully saturated rings. The molecule has 1 aromatic rings. The zero-order valence-electron chi connectivity index (χ0n) is 10.7. The molecule has 1 aromatic carbocycles. The van der Waals surface area contributed by atoms with E-state index in [1.54, 1.807) is 7.11 Å². The Morgan fingerprint density at radius 2 is 2.12 bits per heavy atom. The summed E-state index contributed by atoms with van der Waals surface area (Å²) in [5.74, 6) is 0.531. The van der Waals surface area contributed by atoms with Crippen LogP contribution in [0.2, 0.25) is 0 Å². The van der Waals surface area contributed by atoms with Crippen molar-refractivity contribution in [2.75, 3.05) is 27.2 Å². The van der Waals surface area contributed by atoms with Gasteiger partial charge in [0.1, 0.15) is 5.75 Å². The summed E-state index contributed by atoms with van der Waals surface area (Å²) in [6, 6.07) is 5.58. The number of amides is 1. The predicted molar refractivity (Wildman–Crippen MR) is 68.6 cm³/mol. The number of rotatable bonds is 6. The van der Waals surface area contributed by atoms with E-state index in [1.165, 1.54) is 0 Å². The second-order valence-corrected chi connectivity index (χ2v) is 3.92. The molecule has 0 radical (unpaired) electrons. The van der Waals surface area contributed by atoms with Gasteiger partial charge in [0.25, 0.3) is 5.91 Å². The third-order valence-corrected chi connectivity index (χ3v) is 2.49. The van der Waals surface area contributed by atoms with E-state index in [0.717, 1.165) is 18.5 Å². The summed E-state index contributed by atoms with van der Waals surface area (Å²) in [4.78, 5) is 11.9. The molecule has 1 rings (SSSR count). The van der Waals surface area contributed by atoms with Crippen molar-refractivity contribution in [2.24, 2.45) is 0 Å². The van der Waals surface area contributed by atoms with E-state index in [9.17, 15) is 4.79 Å². The first-order chi connectivity index (χ1) is 8.19. The molecule has 0 aliphatic rings. The molecule has 4 nitrogen and oxygen atoms in total. The van der Waals surface area contributed by atoms with E-state index in [4.69, 9.17) is 4.74 Å². The van der Waals surface area contributed by atoms with Crippen LogP contribution in [0.15, 0.2) is 18.2 Å². The number of benzene rings is 1. The van der Waals surface area contributed by atoms with Crippen molar-refractivity contribution in [1.29, 1.82) is 0 Å². The maximum atomic E-state index is 11.9. The second kappa shape index (κ2) is 6.91. The number of hydrogen-bond donors (Lipinski definition) is 2. The number of ether oxygens (including phenoxy) is 1. The molecule has 2 N–H and O–H groups in total. The van der Waals surface area contributed by atoms with Crippen LogP contribution in [0.3, 0.4) is 0 Å². The minimum absolute atomic E-state index is 0.0818. The van der Waals surface area contributed by atoms with Crippen LogP contribution in [0.5, 0.6) is 5.75 Å². The predicted octanol–water partition coefficient (Wildman–Crippen LogP) is 1.34. The summed E-state index contributed by atoms with van der Waals surface area (Å²) in [6.45, 7) is 3.51. The van der Waals surface area contributed by atoms with E-state index in [2.05, 4.69) is 10.6 Å². The fourth-order valence-corrected chi connectivity index (χ4v) is 1.56. The van der Waals surface area contributed by atoms with Gasteiger partial charge >= 0.3 is 0 Å². The summed E-state index contributed by atoms with van der Waals surface area (Å²) in [7, 11) is 3.47. The van der Waals surface area contributed by atoms with Crippen LogP contribution < -0.4 is 15.4 Å². The molecular formula is C13H20N2O2. The van der Waals surface area contributed by atoms with Crippen molar-refractivity contribution in [1.82, 2.24) is 10.6 Å². The Hall–Kier alpha value is -1.55. The lowest BCUT2D eigenvalue weighted by Crippen LogP contribution is -2.27. The first-order valence-corrected chi connectivity index (χ1v) is 5.76. The molecule has 17 heavy (non-hydrogen) atoms. The molecule has 0 saturated heterocycles. The zero-order chi connectivity index (χ0) is 12.7.